The van der Waals surface area contributed by atoms with Gasteiger partial charge in [0.25, 0.3) is 5.91 Å². The number of aldehydes is 1. The van der Waals surface area contributed by atoms with Gasteiger partial charge in [0, 0.05) is 29.8 Å². The molecule has 0 saturated heterocycles. The highest BCUT2D eigenvalue weighted by molar-refractivity contribution is 6.04. The molecule has 1 aliphatic heterocycles. The van der Waals surface area contributed by atoms with E-state index in [1.807, 2.05) is 80.7 Å². The maximum Gasteiger partial charge on any atom is 0.255 e. The fourth-order valence-corrected chi connectivity index (χ4v) is 3.35. The quantitative estimate of drug-likeness (QED) is 0.227. The summed E-state index contributed by atoms with van der Waals surface area (Å²) in [5, 5.41) is 9.29. The van der Waals surface area contributed by atoms with E-state index in [-0.39, 0.29) is 12.3 Å². The predicted octanol–water partition coefficient (Wildman–Crippen LogP) is 5.20. The maximum absolute atomic E-state index is 12.4. The van der Waals surface area contributed by atoms with Crippen LogP contribution in [0.4, 0.5) is 22.7 Å². The van der Waals surface area contributed by atoms with Gasteiger partial charge in [-0.2, -0.15) is 0 Å². The lowest BCUT2D eigenvalue weighted by atomic mass is 10.1. The Hall–Kier alpha value is -4.50. The number of carbonyl (C=O) groups excluding carboxylic acids is 2. The Balaban J connectivity index is 0.000000363. The van der Waals surface area contributed by atoms with Crippen LogP contribution >= 0.6 is 0 Å². The normalized spacial score (nSPS) is 13.6. The van der Waals surface area contributed by atoms with Crippen molar-refractivity contribution in [1.29, 1.82) is 0 Å². The molecule has 3 aromatic carbocycles. The molecule has 1 atom stereocenters. The summed E-state index contributed by atoms with van der Waals surface area (Å²) in [6.45, 7) is 4.01. The lowest BCUT2D eigenvalue weighted by Crippen LogP contribution is -2.16. The van der Waals surface area contributed by atoms with Crippen molar-refractivity contribution in [2.24, 2.45) is 0 Å². The second-order valence-electron chi connectivity index (χ2n) is 8.04. The standard InChI is InChI=1S/C22H21N3O2.C7H9N/c1-15-10-11-18(24-22(27)17-6-3-2-4-7-17)14-20(15)25-19-9-5-8-16(12-13-26)21(19)23;1-7-5-3-2-4-6-8-7/h2-11,13-14,25H,12,23H2,1H3,(H,24,27);4,6-8H,2H2,1H3. The predicted molar refractivity (Wildman–Crippen MR) is 144 cm³/mol. The molecule has 6 heteroatoms. The summed E-state index contributed by atoms with van der Waals surface area (Å²) in [5.74, 6) is 5.85. The number of nitrogens with one attached hydrogen (secondary N) is 3. The van der Waals surface area contributed by atoms with Gasteiger partial charge in [-0.1, -0.05) is 54.3 Å². The van der Waals surface area contributed by atoms with Crippen LogP contribution in [0.2, 0.25) is 0 Å². The largest absolute Gasteiger partial charge is 0.397 e. The Morgan fingerprint density at radius 3 is 2.69 bits per heavy atom. The number of amides is 1. The van der Waals surface area contributed by atoms with Crippen molar-refractivity contribution in [3.63, 3.8) is 0 Å². The molecule has 0 radical (unpaired) electrons. The molecule has 0 fully saturated rings. The van der Waals surface area contributed by atoms with Crippen LogP contribution in [0.25, 0.3) is 0 Å². The summed E-state index contributed by atoms with van der Waals surface area (Å²) in [5.41, 5.74) is 11.3. The molecule has 4 rings (SSSR count). The number of nitrogen functional groups attached to an aromatic ring is 1. The fourth-order valence-electron chi connectivity index (χ4n) is 3.35. The topological polar surface area (TPSA) is 96.2 Å². The molecule has 1 amide bonds. The van der Waals surface area contributed by atoms with Gasteiger partial charge < -0.3 is 26.5 Å². The van der Waals surface area contributed by atoms with E-state index in [0.29, 0.717) is 23.0 Å². The molecule has 3 aromatic rings. The maximum atomic E-state index is 12.4. The third kappa shape index (κ3) is 7.51. The number of rotatable bonds is 6. The van der Waals surface area contributed by atoms with Crippen LogP contribution < -0.4 is 21.7 Å². The van der Waals surface area contributed by atoms with E-state index in [4.69, 9.17) is 5.73 Å². The zero-order valence-electron chi connectivity index (χ0n) is 20.0. The van der Waals surface area contributed by atoms with Gasteiger partial charge in [-0.25, -0.2) is 0 Å². The summed E-state index contributed by atoms with van der Waals surface area (Å²) in [4.78, 5) is 23.2. The lowest BCUT2D eigenvalue weighted by molar-refractivity contribution is -0.107. The number of carbonyl (C=O) groups is 2. The monoisotopic (exact) mass is 466 g/mol. The van der Waals surface area contributed by atoms with Crippen LogP contribution in [0, 0.1) is 18.8 Å². The Morgan fingerprint density at radius 1 is 1.11 bits per heavy atom. The van der Waals surface area contributed by atoms with Gasteiger partial charge in [0.2, 0.25) is 0 Å². The van der Waals surface area contributed by atoms with Crippen LogP contribution in [0.3, 0.4) is 0 Å². The van der Waals surface area contributed by atoms with Crippen LogP contribution in [-0.4, -0.2) is 18.2 Å². The van der Waals surface area contributed by atoms with E-state index >= 15 is 0 Å². The molecular weight excluding hydrogens is 436 g/mol. The fraction of sp³-hybridized carbons (Fsp3) is 0.172. The van der Waals surface area contributed by atoms with Crippen molar-refractivity contribution in [3.8, 4) is 11.8 Å². The molecule has 5 N–H and O–H groups in total. The van der Waals surface area contributed by atoms with Gasteiger partial charge in [0.1, 0.15) is 6.29 Å². The van der Waals surface area contributed by atoms with Crippen LogP contribution in [-0.2, 0) is 11.2 Å². The number of hydrogen-bond donors (Lipinski definition) is 4. The minimum atomic E-state index is -0.169. The number of benzene rings is 3. The highest BCUT2D eigenvalue weighted by Crippen LogP contribution is 2.29. The van der Waals surface area contributed by atoms with E-state index in [9.17, 15) is 9.59 Å². The van der Waals surface area contributed by atoms with Gasteiger partial charge in [0.05, 0.1) is 17.4 Å². The van der Waals surface area contributed by atoms with Crippen molar-refractivity contribution in [1.82, 2.24) is 5.32 Å². The third-order valence-electron chi connectivity index (χ3n) is 5.30. The highest BCUT2D eigenvalue weighted by atomic mass is 16.1. The van der Waals surface area contributed by atoms with Crippen molar-refractivity contribution in [3.05, 3.63) is 95.7 Å². The average Bonchev–Trinajstić information content (AvgIpc) is 3.12. The lowest BCUT2D eigenvalue weighted by Gasteiger charge is -2.15. The number of nitrogens with two attached hydrogens (primary N) is 1. The molecule has 1 unspecified atom stereocenters. The van der Waals surface area contributed by atoms with Gasteiger partial charge in [-0.05, 0) is 61.5 Å². The van der Waals surface area contributed by atoms with Crippen molar-refractivity contribution in [2.45, 2.75) is 32.7 Å². The van der Waals surface area contributed by atoms with E-state index in [1.165, 1.54) is 0 Å². The summed E-state index contributed by atoms with van der Waals surface area (Å²) in [6.07, 6.45) is 5.96. The number of aryl methyl sites for hydroxylation is 1. The Morgan fingerprint density at radius 2 is 1.91 bits per heavy atom. The minimum Gasteiger partial charge on any atom is -0.397 e. The van der Waals surface area contributed by atoms with Crippen LogP contribution in [0.1, 0.15) is 34.8 Å². The molecule has 0 bridgehead atoms. The molecule has 178 valence electrons. The molecule has 1 aliphatic rings. The summed E-state index contributed by atoms with van der Waals surface area (Å²) < 4.78 is 0. The Bertz CT molecular complexity index is 1260. The van der Waals surface area contributed by atoms with Gasteiger partial charge in [-0.3, -0.25) is 4.79 Å². The van der Waals surface area contributed by atoms with E-state index < -0.39 is 0 Å². The smallest absolute Gasteiger partial charge is 0.255 e. The van der Waals surface area contributed by atoms with Gasteiger partial charge in [-0.15, -0.1) is 0 Å². The second-order valence-corrected chi connectivity index (χ2v) is 8.04. The first-order chi connectivity index (χ1) is 17.0. The van der Waals surface area contributed by atoms with Gasteiger partial charge >= 0.3 is 0 Å². The van der Waals surface area contributed by atoms with E-state index in [0.717, 1.165) is 35.2 Å². The van der Waals surface area contributed by atoms with Crippen LogP contribution in [0.15, 0.2) is 79.0 Å². The van der Waals surface area contributed by atoms with Gasteiger partial charge in [0.15, 0.2) is 0 Å². The van der Waals surface area contributed by atoms with E-state index in [2.05, 4.69) is 27.8 Å². The molecular formula is C29H30N4O2. The highest BCUT2D eigenvalue weighted by Gasteiger charge is 2.09. The zero-order valence-corrected chi connectivity index (χ0v) is 20.0. The molecule has 6 nitrogen and oxygen atoms in total. The number of hydrogen-bond acceptors (Lipinski definition) is 5. The average molecular weight is 467 g/mol. The first-order valence-corrected chi connectivity index (χ1v) is 11.4. The second kappa shape index (κ2) is 12.7. The summed E-state index contributed by atoms with van der Waals surface area (Å²) >= 11 is 0. The zero-order chi connectivity index (χ0) is 25.0. The minimum absolute atomic E-state index is 0.169. The summed E-state index contributed by atoms with van der Waals surface area (Å²) in [7, 11) is 0. The van der Waals surface area contributed by atoms with Crippen molar-refractivity contribution in [2.75, 3.05) is 16.4 Å². The molecule has 1 heterocycles. The first-order valence-electron chi connectivity index (χ1n) is 11.4. The third-order valence-corrected chi connectivity index (χ3v) is 5.30. The number of para-hydroxylation sites is 1. The molecule has 0 aromatic heterocycles. The molecule has 0 saturated carbocycles. The number of allylic oxidation sites excluding steroid dienone is 1. The molecule has 0 spiro atoms. The molecule has 35 heavy (non-hydrogen) atoms. The summed E-state index contributed by atoms with van der Waals surface area (Å²) in [6, 6.07) is 20.6. The van der Waals surface area contributed by atoms with Crippen LogP contribution in [0.5, 0.6) is 0 Å². The Kier molecular flexibility index (Phi) is 9.09. The Labute approximate surface area is 206 Å². The first kappa shape index (κ1) is 25.1. The van der Waals surface area contributed by atoms with Crippen molar-refractivity contribution < 1.29 is 9.59 Å². The molecule has 0 aliphatic carbocycles. The SMILES string of the molecule is CC1C#CCC=CN1.Cc1ccc(NC(=O)c2ccccc2)cc1Nc1cccc(CC=O)c1N. The van der Waals surface area contributed by atoms with E-state index in [1.54, 1.807) is 12.1 Å². The number of anilines is 4. The van der Waals surface area contributed by atoms with Crippen molar-refractivity contribution >= 4 is 34.9 Å².